The molecule has 3 aromatic carbocycles. The summed E-state index contributed by atoms with van der Waals surface area (Å²) in [6.45, 7) is 6.45. The van der Waals surface area contributed by atoms with E-state index in [0.29, 0.717) is 30.8 Å². The highest BCUT2D eigenvalue weighted by Gasteiger charge is 2.31. The SMILES string of the molecule is CCCCN(CCc1ccccc1)C(=O)c1cc(C)n(-c2ccccc2C(=O)N2Cc3ccccc3C[C@H]2CN)c1. The zero-order valence-electron chi connectivity index (χ0n) is 24.1. The van der Waals surface area contributed by atoms with Gasteiger partial charge < -0.3 is 20.1 Å². The van der Waals surface area contributed by atoms with Gasteiger partial charge in [0.2, 0.25) is 0 Å². The maximum atomic E-state index is 14.1. The molecule has 4 aromatic rings. The van der Waals surface area contributed by atoms with E-state index in [9.17, 15) is 9.59 Å². The maximum Gasteiger partial charge on any atom is 0.256 e. The van der Waals surface area contributed by atoms with E-state index < -0.39 is 0 Å². The number of benzene rings is 3. The zero-order chi connectivity index (χ0) is 28.8. The van der Waals surface area contributed by atoms with Crippen LogP contribution in [0.4, 0.5) is 0 Å². The van der Waals surface area contributed by atoms with Gasteiger partial charge in [-0.05, 0) is 61.1 Å². The Morgan fingerprint density at radius 1 is 0.927 bits per heavy atom. The van der Waals surface area contributed by atoms with Gasteiger partial charge in [-0.25, -0.2) is 0 Å². The molecule has 0 bridgehead atoms. The summed E-state index contributed by atoms with van der Waals surface area (Å²) < 4.78 is 1.98. The number of para-hydroxylation sites is 1. The van der Waals surface area contributed by atoms with Gasteiger partial charge in [0.25, 0.3) is 11.8 Å². The minimum absolute atomic E-state index is 0.0240. The van der Waals surface area contributed by atoms with Crippen LogP contribution < -0.4 is 5.73 Å². The molecule has 1 aliphatic rings. The van der Waals surface area contributed by atoms with E-state index in [1.54, 1.807) is 0 Å². The van der Waals surface area contributed by atoms with Crippen LogP contribution in [0.1, 0.15) is 62.9 Å². The Bertz CT molecular complexity index is 1490. The van der Waals surface area contributed by atoms with Crippen LogP contribution in [-0.4, -0.2) is 51.9 Å². The summed E-state index contributed by atoms with van der Waals surface area (Å²) in [5.74, 6) is -0.0187. The van der Waals surface area contributed by atoms with Crippen molar-refractivity contribution in [2.45, 2.75) is 52.1 Å². The number of hydrogen-bond donors (Lipinski definition) is 1. The number of amides is 2. The Balaban J connectivity index is 1.41. The second-order valence-corrected chi connectivity index (χ2v) is 10.9. The average molecular weight is 549 g/mol. The summed E-state index contributed by atoms with van der Waals surface area (Å²) in [6.07, 6.45) is 5.43. The second-order valence-electron chi connectivity index (χ2n) is 10.9. The summed E-state index contributed by atoms with van der Waals surface area (Å²) in [4.78, 5) is 31.7. The number of carbonyl (C=O) groups is 2. The van der Waals surface area contributed by atoms with Crippen LogP contribution in [0.5, 0.6) is 0 Å². The maximum absolute atomic E-state index is 14.1. The van der Waals surface area contributed by atoms with Crippen LogP contribution in [0.2, 0.25) is 0 Å². The van der Waals surface area contributed by atoms with Crippen molar-refractivity contribution in [1.29, 1.82) is 0 Å². The van der Waals surface area contributed by atoms with Crippen molar-refractivity contribution in [3.8, 4) is 5.69 Å². The summed E-state index contributed by atoms with van der Waals surface area (Å²) in [5.41, 5.74) is 12.7. The van der Waals surface area contributed by atoms with Crippen molar-refractivity contribution in [3.05, 3.63) is 125 Å². The van der Waals surface area contributed by atoms with Crippen molar-refractivity contribution < 1.29 is 9.59 Å². The number of hydrogen-bond acceptors (Lipinski definition) is 3. The molecule has 2 amide bonds. The van der Waals surface area contributed by atoms with Crippen molar-refractivity contribution in [2.75, 3.05) is 19.6 Å². The molecule has 6 nitrogen and oxygen atoms in total. The molecule has 0 fully saturated rings. The Morgan fingerprint density at radius 3 is 2.39 bits per heavy atom. The molecule has 2 N–H and O–H groups in total. The third kappa shape index (κ3) is 6.28. The number of aryl methyl sites for hydroxylation is 1. The molecular formula is C35H40N4O2. The molecule has 1 aliphatic heterocycles. The van der Waals surface area contributed by atoms with E-state index in [-0.39, 0.29) is 17.9 Å². The number of nitrogens with two attached hydrogens (primary N) is 1. The van der Waals surface area contributed by atoms with E-state index >= 15 is 0 Å². The van der Waals surface area contributed by atoms with E-state index in [2.05, 4.69) is 31.2 Å². The van der Waals surface area contributed by atoms with Crippen molar-refractivity contribution >= 4 is 11.8 Å². The Labute approximate surface area is 243 Å². The molecule has 5 rings (SSSR count). The van der Waals surface area contributed by atoms with Gasteiger partial charge in [0.15, 0.2) is 0 Å². The molecule has 0 saturated heterocycles. The fourth-order valence-electron chi connectivity index (χ4n) is 5.76. The molecule has 0 aliphatic carbocycles. The minimum Gasteiger partial charge on any atom is -0.338 e. The Hall–Kier alpha value is -4.16. The molecule has 6 heteroatoms. The van der Waals surface area contributed by atoms with Crippen LogP contribution in [-0.2, 0) is 19.4 Å². The zero-order valence-corrected chi connectivity index (χ0v) is 24.1. The van der Waals surface area contributed by atoms with Crippen LogP contribution in [0.15, 0.2) is 91.1 Å². The lowest BCUT2D eigenvalue weighted by atomic mass is 9.93. The fraction of sp³-hybridized carbons (Fsp3) is 0.314. The molecule has 0 unspecified atom stereocenters. The highest BCUT2D eigenvalue weighted by Crippen LogP contribution is 2.27. The van der Waals surface area contributed by atoms with E-state index in [1.165, 1.54) is 11.1 Å². The first-order valence-electron chi connectivity index (χ1n) is 14.7. The molecule has 2 heterocycles. The van der Waals surface area contributed by atoms with Crippen LogP contribution >= 0.6 is 0 Å². The lowest BCUT2D eigenvalue weighted by molar-refractivity contribution is 0.0647. The molecular weight excluding hydrogens is 508 g/mol. The first kappa shape index (κ1) is 28.4. The average Bonchev–Trinajstić information content (AvgIpc) is 3.41. The monoisotopic (exact) mass is 548 g/mol. The number of unbranched alkanes of at least 4 members (excludes halogenated alkanes) is 1. The minimum atomic E-state index is -0.0647. The van der Waals surface area contributed by atoms with Crippen molar-refractivity contribution in [3.63, 3.8) is 0 Å². The number of fused-ring (bicyclic) bond motifs is 1. The van der Waals surface area contributed by atoms with Gasteiger partial charge in [-0.3, -0.25) is 9.59 Å². The molecule has 0 spiro atoms. The molecule has 0 saturated carbocycles. The molecule has 1 atom stereocenters. The number of rotatable bonds is 10. The van der Waals surface area contributed by atoms with Gasteiger partial charge in [0, 0.05) is 44.1 Å². The highest BCUT2D eigenvalue weighted by atomic mass is 16.2. The summed E-state index contributed by atoms with van der Waals surface area (Å²) in [7, 11) is 0. The van der Waals surface area contributed by atoms with E-state index in [0.717, 1.165) is 49.2 Å². The Morgan fingerprint density at radius 2 is 1.63 bits per heavy atom. The lowest BCUT2D eigenvalue weighted by Gasteiger charge is -2.36. The normalized spacial score (nSPS) is 14.5. The Kier molecular flexibility index (Phi) is 9.00. The van der Waals surface area contributed by atoms with Gasteiger partial charge in [0.1, 0.15) is 0 Å². The highest BCUT2D eigenvalue weighted by molar-refractivity contribution is 5.99. The molecule has 41 heavy (non-hydrogen) atoms. The fourth-order valence-corrected chi connectivity index (χ4v) is 5.76. The van der Waals surface area contributed by atoms with Gasteiger partial charge in [-0.2, -0.15) is 0 Å². The largest absolute Gasteiger partial charge is 0.338 e. The van der Waals surface area contributed by atoms with Gasteiger partial charge >= 0.3 is 0 Å². The van der Waals surface area contributed by atoms with E-state index in [4.69, 9.17) is 5.73 Å². The molecule has 1 aromatic heterocycles. The van der Waals surface area contributed by atoms with E-state index in [1.807, 2.05) is 88.2 Å². The quantitative estimate of drug-likeness (QED) is 0.272. The topological polar surface area (TPSA) is 71.6 Å². The first-order chi connectivity index (χ1) is 20.0. The first-order valence-corrected chi connectivity index (χ1v) is 14.7. The molecule has 0 radical (unpaired) electrons. The lowest BCUT2D eigenvalue weighted by Crippen LogP contribution is -2.48. The van der Waals surface area contributed by atoms with Crippen molar-refractivity contribution in [2.24, 2.45) is 5.73 Å². The summed E-state index contributed by atoms with van der Waals surface area (Å²) in [5, 5.41) is 0. The van der Waals surface area contributed by atoms with Gasteiger partial charge in [-0.1, -0.05) is 80.1 Å². The number of aromatic nitrogens is 1. The van der Waals surface area contributed by atoms with Crippen LogP contribution in [0, 0.1) is 6.92 Å². The predicted molar refractivity (Wildman–Crippen MR) is 164 cm³/mol. The van der Waals surface area contributed by atoms with Gasteiger partial charge in [-0.15, -0.1) is 0 Å². The third-order valence-corrected chi connectivity index (χ3v) is 8.12. The number of nitrogens with zero attached hydrogens (tertiary/aromatic N) is 3. The van der Waals surface area contributed by atoms with Crippen LogP contribution in [0.3, 0.4) is 0 Å². The second kappa shape index (κ2) is 13.0. The van der Waals surface area contributed by atoms with Crippen LogP contribution in [0.25, 0.3) is 5.69 Å². The van der Waals surface area contributed by atoms with Crippen molar-refractivity contribution in [1.82, 2.24) is 14.4 Å². The molecule has 212 valence electrons. The number of carbonyl (C=O) groups excluding carboxylic acids is 2. The summed E-state index contributed by atoms with van der Waals surface area (Å²) in [6, 6.07) is 28.1. The summed E-state index contributed by atoms with van der Waals surface area (Å²) >= 11 is 0. The predicted octanol–water partition coefficient (Wildman–Crippen LogP) is 5.80. The van der Waals surface area contributed by atoms with Gasteiger partial charge in [0.05, 0.1) is 16.8 Å². The third-order valence-electron chi connectivity index (χ3n) is 8.12. The smallest absolute Gasteiger partial charge is 0.256 e. The standard InChI is InChI=1S/C35H40N4O2/c1-3-4-19-37(20-18-27-12-6-5-7-13-27)34(40)30-21-26(2)38(25-30)33-17-11-10-16-32(33)35(41)39-24-29-15-9-8-14-28(29)22-31(39)23-36/h5-17,21,25,31H,3-4,18-20,22-24,36H2,1-2H3/t31-/m0/s1.